The maximum Gasteiger partial charge on any atom is 0.275 e. The molecule has 2 atom stereocenters. The Morgan fingerprint density at radius 3 is 2.91 bits per heavy atom. The van der Waals surface area contributed by atoms with Gasteiger partial charge in [-0.05, 0) is 31.7 Å². The van der Waals surface area contributed by atoms with E-state index in [4.69, 9.17) is 0 Å². The lowest BCUT2D eigenvalue weighted by atomic mass is 10.0. The Labute approximate surface area is 130 Å². The van der Waals surface area contributed by atoms with Gasteiger partial charge in [0.05, 0.1) is 17.0 Å². The zero-order valence-electron chi connectivity index (χ0n) is 11.9. The number of aromatic nitrogens is 2. The van der Waals surface area contributed by atoms with Gasteiger partial charge in [-0.1, -0.05) is 0 Å². The van der Waals surface area contributed by atoms with Gasteiger partial charge in [0.25, 0.3) is 5.91 Å². The van der Waals surface area contributed by atoms with E-state index in [0.29, 0.717) is 5.56 Å². The predicted molar refractivity (Wildman–Crippen MR) is 79.1 cm³/mol. The molecular weight excluding hydrogens is 329 g/mol. The minimum absolute atomic E-state index is 0.181. The van der Waals surface area contributed by atoms with Gasteiger partial charge in [-0.2, -0.15) is 5.10 Å². The normalized spacial score (nSPS) is 23.0. The van der Waals surface area contributed by atoms with Gasteiger partial charge in [-0.25, -0.2) is 12.8 Å². The number of carbonyl (C=O) groups excluding carboxylic acids is 1. The van der Waals surface area contributed by atoms with Crippen molar-refractivity contribution in [1.29, 1.82) is 0 Å². The number of aryl methyl sites for hydroxylation is 1. The molecule has 2 N–H and O–H groups in total. The molecule has 9 heteroatoms. The SMILES string of the molecule is Cc1[nH]nc(C(=O)N[C@H]2C[C@H](C)S(=O)(=O)c3sccc32)c1F. The Balaban J connectivity index is 1.91. The predicted octanol–water partition coefficient (Wildman–Crippen LogP) is 1.96. The summed E-state index contributed by atoms with van der Waals surface area (Å²) in [7, 11) is -3.34. The molecule has 1 aliphatic rings. The Hall–Kier alpha value is -1.74. The summed E-state index contributed by atoms with van der Waals surface area (Å²) in [6.45, 7) is 3.09. The zero-order chi connectivity index (χ0) is 16.1. The minimum atomic E-state index is -3.34. The molecule has 2 aromatic rings. The van der Waals surface area contributed by atoms with Crippen LogP contribution in [-0.4, -0.2) is 29.8 Å². The van der Waals surface area contributed by atoms with Crippen molar-refractivity contribution < 1.29 is 17.6 Å². The van der Waals surface area contributed by atoms with E-state index in [2.05, 4.69) is 15.5 Å². The van der Waals surface area contributed by atoms with E-state index in [1.807, 2.05) is 0 Å². The van der Waals surface area contributed by atoms with Crippen LogP contribution in [-0.2, 0) is 9.84 Å². The molecule has 6 nitrogen and oxygen atoms in total. The summed E-state index contributed by atoms with van der Waals surface area (Å²) in [5.74, 6) is -1.35. The van der Waals surface area contributed by atoms with Crippen LogP contribution >= 0.6 is 11.3 Å². The molecule has 1 aliphatic heterocycles. The minimum Gasteiger partial charge on any atom is -0.344 e. The quantitative estimate of drug-likeness (QED) is 0.872. The van der Waals surface area contributed by atoms with Gasteiger partial charge >= 0.3 is 0 Å². The summed E-state index contributed by atoms with van der Waals surface area (Å²) in [6, 6.07) is 1.21. The third-order valence-electron chi connectivity index (χ3n) is 3.78. The average Bonchev–Trinajstić information content (AvgIpc) is 3.06. The smallest absolute Gasteiger partial charge is 0.275 e. The van der Waals surface area contributed by atoms with Crippen LogP contribution in [0.1, 0.15) is 41.1 Å². The van der Waals surface area contributed by atoms with Crippen LogP contribution in [0, 0.1) is 12.7 Å². The first-order chi connectivity index (χ1) is 10.3. The van der Waals surface area contributed by atoms with Crippen molar-refractivity contribution in [1.82, 2.24) is 15.5 Å². The highest BCUT2D eigenvalue weighted by atomic mass is 32.2. The zero-order valence-corrected chi connectivity index (χ0v) is 13.5. The lowest BCUT2D eigenvalue weighted by Crippen LogP contribution is -2.36. The fourth-order valence-corrected chi connectivity index (χ4v) is 5.72. The lowest BCUT2D eigenvalue weighted by Gasteiger charge is -2.27. The molecule has 0 saturated heterocycles. The molecule has 1 amide bonds. The maximum absolute atomic E-state index is 13.8. The highest BCUT2D eigenvalue weighted by Crippen LogP contribution is 2.39. The first kappa shape index (κ1) is 15.2. The first-order valence-electron chi connectivity index (χ1n) is 6.65. The van der Waals surface area contributed by atoms with Gasteiger partial charge in [0.1, 0.15) is 4.21 Å². The van der Waals surface area contributed by atoms with Gasteiger partial charge in [0.15, 0.2) is 21.3 Å². The Bertz CT molecular complexity index is 841. The molecule has 0 bridgehead atoms. The molecule has 0 saturated carbocycles. The molecule has 2 aromatic heterocycles. The number of halogens is 1. The van der Waals surface area contributed by atoms with Crippen molar-refractivity contribution in [2.75, 3.05) is 0 Å². The van der Waals surface area contributed by atoms with E-state index in [9.17, 15) is 17.6 Å². The number of nitrogens with one attached hydrogen (secondary N) is 2. The Morgan fingerprint density at radius 2 is 2.27 bits per heavy atom. The number of thiophene rings is 1. The maximum atomic E-state index is 13.8. The van der Waals surface area contributed by atoms with Gasteiger partial charge in [0, 0.05) is 5.56 Å². The average molecular weight is 343 g/mol. The number of carbonyl (C=O) groups is 1. The van der Waals surface area contributed by atoms with Crippen molar-refractivity contribution in [2.45, 2.75) is 35.8 Å². The van der Waals surface area contributed by atoms with Crippen LogP contribution < -0.4 is 5.32 Å². The van der Waals surface area contributed by atoms with Crippen LogP contribution in [0.2, 0.25) is 0 Å². The van der Waals surface area contributed by atoms with Crippen LogP contribution in [0.25, 0.3) is 0 Å². The van der Waals surface area contributed by atoms with E-state index in [1.165, 1.54) is 6.92 Å². The fraction of sp³-hybridized carbons (Fsp3) is 0.385. The number of amides is 1. The van der Waals surface area contributed by atoms with Crippen LogP contribution in [0.15, 0.2) is 15.7 Å². The lowest BCUT2D eigenvalue weighted by molar-refractivity contribution is 0.0924. The number of hydrogen-bond acceptors (Lipinski definition) is 5. The van der Waals surface area contributed by atoms with E-state index >= 15 is 0 Å². The summed E-state index contributed by atoms with van der Waals surface area (Å²) in [5, 5.41) is 9.81. The topological polar surface area (TPSA) is 91.9 Å². The van der Waals surface area contributed by atoms with Gasteiger partial charge < -0.3 is 5.32 Å². The summed E-state index contributed by atoms with van der Waals surface area (Å²) in [4.78, 5) is 12.2. The van der Waals surface area contributed by atoms with Crippen LogP contribution in [0.5, 0.6) is 0 Å². The summed E-state index contributed by atoms with van der Waals surface area (Å²) < 4.78 is 38.5. The number of aromatic amines is 1. The third-order valence-corrected chi connectivity index (χ3v) is 7.49. The molecule has 3 heterocycles. The van der Waals surface area contributed by atoms with E-state index in [0.717, 1.165) is 11.3 Å². The molecule has 22 heavy (non-hydrogen) atoms. The molecule has 0 radical (unpaired) electrons. The standard InChI is InChI=1S/C13H14FN3O3S2/c1-6-5-9(8-3-4-21-13(8)22(6,19)20)15-12(18)11-10(14)7(2)16-17-11/h3-4,6,9H,5H2,1-2H3,(H,15,18)(H,16,17)/t6-,9-/m0/s1. The summed E-state index contributed by atoms with van der Waals surface area (Å²) in [5.41, 5.74) is 0.431. The van der Waals surface area contributed by atoms with Gasteiger partial charge in [0.2, 0.25) is 0 Å². The molecule has 0 aliphatic carbocycles. The van der Waals surface area contributed by atoms with Crippen molar-refractivity contribution in [3.63, 3.8) is 0 Å². The van der Waals surface area contributed by atoms with E-state index in [1.54, 1.807) is 18.4 Å². The van der Waals surface area contributed by atoms with E-state index in [-0.39, 0.29) is 22.0 Å². The first-order valence-corrected chi connectivity index (χ1v) is 9.07. The van der Waals surface area contributed by atoms with Crippen molar-refractivity contribution in [2.24, 2.45) is 0 Å². The second-order valence-electron chi connectivity index (χ2n) is 5.29. The summed E-state index contributed by atoms with van der Waals surface area (Å²) >= 11 is 1.13. The van der Waals surface area contributed by atoms with Gasteiger partial charge in [-0.15, -0.1) is 11.3 Å². The monoisotopic (exact) mass is 343 g/mol. The second kappa shape index (κ2) is 5.17. The van der Waals surface area contributed by atoms with Crippen molar-refractivity contribution >= 4 is 27.1 Å². The molecule has 118 valence electrons. The highest BCUT2D eigenvalue weighted by molar-refractivity contribution is 7.94. The van der Waals surface area contributed by atoms with Crippen LogP contribution in [0.3, 0.4) is 0 Å². The number of nitrogens with zero attached hydrogens (tertiary/aromatic N) is 1. The Morgan fingerprint density at radius 1 is 1.55 bits per heavy atom. The van der Waals surface area contributed by atoms with E-state index < -0.39 is 32.9 Å². The number of rotatable bonds is 2. The Kier molecular flexibility index (Phi) is 3.56. The van der Waals surface area contributed by atoms with Crippen molar-refractivity contribution in [3.8, 4) is 0 Å². The number of fused-ring (bicyclic) bond motifs is 1. The number of hydrogen-bond donors (Lipinski definition) is 2. The molecular formula is C13H14FN3O3S2. The highest BCUT2D eigenvalue weighted by Gasteiger charge is 2.38. The van der Waals surface area contributed by atoms with Crippen LogP contribution in [0.4, 0.5) is 4.39 Å². The second-order valence-corrected chi connectivity index (χ2v) is 8.77. The van der Waals surface area contributed by atoms with Crippen molar-refractivity contribution in [3.05, 3.63) is 34.2 Å². The molecule has 0 spiro atoms. The fourth-order valence-electron chi connectivity index (χ4n) is 2.49. The third kappa shape index (κ3) is 2.24. The molecule has 3 rings (SSSR count). The molecule has 0 unspecified atom stereocenters. The largest absolute Gasteiger partial charge is 0.344 e. The molecule has 0 aromatic carbocycles. The molecule has 0 fully saturated rings. The summed E-state index contributed by atoms with van der Waals surface area (Å²) in [6.07, 6.45) is 0.253. The number of sulfone groups is 1. The van der Waals surface area contributed by atoms with Gasteiger partial charge in [-0.3, -0.25) is 9.89 Å². The number of H-pyrrole nitrogens is 1.